The minimum absolute atomic E-state index is 0.0409. The molecule has 92 valence electrons. The van der Waals surface area contributed by atoms with Crippen LogP contribution in [0.4, 0.5) is 0 Å². The monoisotopic (exact) mass is 286 g/mol. The number of thiol groups is 2. The average Bonchev–Trinajstić information content (AvgIpc) is 2.18. The van der Waals surface area contributed by atoms with Crippen LogP contribution in [0.25, 0.3) is 0 Å². The lowest BCUT2D eigenvalue weighted by molar-refractivity contribution is 0.426. The number of rotatable bonds is 8. The summed E-state index contributed by atoms with van der Waals surface area (Å²) in [6.45, 7) is 0.657. The van der Waals surface area contributed by atoms with Gasteiger partial charge in [-0.25, -0.2) is 0 Å². The summed E-state index contributed by atoms with van der Waals surface area (Å²) >= 11 is 8.94. The summed E-state index contributed by atoms with van der Waals surface area (Å²) in [5.74, 6) is 0.829. The van der Waals surface area contributed by atoms with E-state index in [2.05, 4.69) is 43.7 Å². The first-order valence-electron chi connectivity index (χ1n) is 5.26. The van der Waals surface area contributed by atoms with E-state index in [9.17, 15) is 0 Å². The topological polar surface area (TPSA) is 52.0 Å². The lowest BCUT2D eigenvalue weighted by atomic mass is 9.89. The summed E-state index contributed by atoms with van der Waals surface area (Å²) < 4.78 is 0. The highest BCUT2D eigenvalue weighted by atomic mass is 32.1. The lowest BCUT2D eigenvalue weighted by Gasteiger charge is -2.40. The lowest BCUT2D eigenvalue weighted by Crippen LogP contribution is -2.50. The number of nitrogens with two attached hydrogens (primary N) is 2. The molecule has 0 aliphatic heterocycles. The maximum absolute atomic E-state index is 6.22. The van der Waals surface area contributed by atoms with Gasteiger partial charge in [0.05, 0.1) is 0 Å². The molecule has 0 aromatic rings. The fraction of sp³-hybridized carbons (Fsp3) is 1.00. The van der Waals surface area contributed by atoms with E-state index in [-0.39, 0.29) is 16.4 Å². The van der Waals surface area contributed by atoms with Gasteiger partial charge in [0, 0.05) is 16.4 Å². The molecule has 5 unspecified atom stereocenters. The summed E-state index contributed by atoms with van der Waals surface area (Å²) in [4.78, 5) is 0. The SMILES string of the molecule is NCCC(S)C(P)(CCS)C(N)CCP. The van der Waals surface area contributed by atoms with Crippen molar-refractivity contribution >= 4 is 43.7 Å². The van der Waals surface area contributed by atoms with Gasteiger partial charge in [-0.1, -0.05) is 0 Å². The first-order valence-corrected chi connectivity index (χ1v) is 7.80. The van der Waals surface area contributed by atoms with Crippen LogP contribution in [0.15, 0.2) is 0 Å². The highest BCUT2D eigenvalue weighted by Crippen LogP contribution is 2.36. The largest absolute Gasteiger partial charge is 0.330 e. The van der Waals surface area contributed by atoms with Gasteiger partial charge in [0.15, 0.2) is 0 Å². The van der Waals surface area contributed by atoms with Crippen molar-refractivity contribution in [2.24, 2.45) is 11.5 Å². The summed E-state index contributed by atoms with van der Waals surface area (Å²) in [6, 6.07) is 0.140. The van der Waals surface area contributed by atoms with E-state index in [1.807, 2.05) is 0 Å². The van der Waals surface area contributed by atoms with Crippen molar-refractivity contribution in [2.75, 3.05) is 18.5 Å². The van der Waals surface area contributed by atoms with Crippen molar-refractivity contribution in [3.05, 3.63) is 0 Å². The Morgan fingerprint density at radius 1 is 1.33 bits per heavy atom. The molecule has 5 atom stereocenters. The number of hydrogen-bond donors (Lipinski definition) is 4. The maximum Gasteiger partial charge on any atom is 0.0144 e. The third-order valence-corrected chi connectivity index (χ3v) is 5.47. The van der Waals surface area contributed by atoms with Crippen LogP contribution in [0.3, 0.4) is 0 Å². The van der Waals surface area contributed by atoms with Crippen molar-refractivity contribution in [3.63, 3.8) is 0 Å². The van der Waals surface area contributed by atoms with E-state index < -0.39 is 0 Å². The van der Waals surface area contributed by atoms with Crippen LogP contribution in [-0.4, -0.2) is 34.9 Å². The summed E-state index contributed by atoms with van der Waals surface area (Å²) in [7, 11) is 5.62. The van der Waals surface area contributed by atoms with Crippen LogP contribution in [-0.2, 0) is 0 Å². The van der Waals surface area contributed by atoms with E-state index in [0.717, 1.165) is 31.2 Å². The molecule has 0 aromatic heterocycles. The van der Waals surface area contributed by atoms with Gasteiger partial charge in [-0.2, -0.15) is 25.3 Å². The molecule has 0 bridgehead atoms. The van der Waals surface area contributed by atoms with E-state index in [0.29, 0.717) is 6.54 Å². The fourth-order valence-electron chi connectivity index (χ4n) is 1.67. The summed E-state index contributed by atoms with van der Waals surface area (Å²) in [5.41, 5.74) is 11.8. The van der Waals surface area contributed by atoms with E-state index in [1.165, 1.54) is 0 Å². The molecule has 0 saturated heterocycles. The Morgan fingerprint density at radius 2 is 1.93 bits per heavy atom. The molecule has 2 nitrogen and oxygen atoms in total. The normalized spacial score (nSPS) is 19.6. The second-order valence-electron chi connectivity index (χ2n) is 3.86. The van der Waals surface area contributed by atoms with Crippen LogP contribution < -0.4 is 11.5 Å². The Hall–Kier alpha value is 1.48. The molecule has 6 heteroatoms. The molecule has 0 radical (unpaired) electrons. The molecule has 0 aliphatic rings. The van der Waals surface area contributed by atoms with Gasteiger partial charge in [0.2, 0.25) is 0 Å². The van der Waals surface area contributed by atoms with Crippen LogP contribution in [0.2, 0.25) is 0 Å². The zero-order valence-electron chi connectivity index (χ0n) is 9.10. The molecule has 0 spiro atoms. The third kappa shape index (κ3) is 5.10. The van der Waals surface area contributed by atoms with Crippen LogP contribution in [0.1, 0.15) is 19.3 Å². The minimum atomic E-state index is -0.0409. The van der Waals surface area contributed by atoms with Gasteiger partial charge in [-0.15, -0.1) is 18.5 Å². The molecule has 0 fully saturated rings. The highest BCUT2D eigenvalue weighted by Gasteiger charge is 2.36. The molecule has 4 N–H and O–H groups in total. The van der Waals surface area contributed by atoms with Crippen molar-refractivity contribution < 1.29 is 0 Å². The summed E-state index contributed by atoms with van der Waals surface area (Å²) in [6.07, 6.45) is 3.86. The Bertz CT molecular complexity index is 160. The molecular formula is C9H24N2P2S2. The Kier molecular flexibility index (Phi) is 9.40. The van der Waals surface area contributed by atoms with Crippen LogP contribution in [0.5, 0.6) is 0 Å². The second kappa shape index (κ2) is 8.55. The van der Waals surface area contributed by atoms with Gasteiger partial charge in [-0.05, 0) is 37.7 Å². The van der Waals surface area contributed by atoms with Crippen LogP contribution >= 0.6 is 43.7 Å². The van der Waals surface area contributed by atoms with Crippen LogP contribution in [0, 0.1) is 0 Å². The van der Waals surface area contributed by atoms with Crippen molar-refractivity contribution in [3.8, 4) is 0 Å². The average molecular weight is 286 g/mol. The molecule has 0 saturated carbocycles. The fourth-order valence-corrected chi connectivity index (χ4v) is 3.60. The Labute approximate surface area is 109 Å². The van der Waals surface area contributed by atoms with E-state index >= 15 is 0 Å². The molecular weight excluding hydrogens is 262 g/mol. The second-order valence-corrected chi connectivity index (χ2v) is 6.59. The zero-order chi connectivity index (χ0) is 11.9. The molecule has 0 aliphatic carbocycles. The Balaban J connectivity index is 4.54. The van der Waals surface area contributed by atoms with E-state index in [1.54, 1.807) is 0 Å². The summed E-state index contributed by atoms with van der Waals surface area (Å²) in [5, 5.41) is 0.187. The predicted molar refractivity (Wildman–Crippen MR) is 84.5 cm³/mol. The first kappa shape index (κ1) is 16.5. The van der Waals surface area contributed by atoms with Crippen molar-refractivity contribution in [1.82, 2.24) is 0 Å². The van der Waals surface area contributed by atoms with Crippen molar-refractivity contribution in [1.29, 1.82) is 0 Å². The van der Waals surface area contributed by atoms with E-state index in [4.69, 9.17) is 11.5 Å². The maximum atomic E-state index is 6.22. The minimum Gasteiger partial charge on any atom is -0.330 e. The number of hydrogen-bond acceptors (Lipinski definition) is 4. The smallest absolute Gasteiger partial charge is 0.0144 e. The van der Waals surface area contributed by atoms with Gasteiger partial charge >= 0.3 is 0 Å². The van der Waals surface area contributed by atoms with Gasteiger partial charge in [0.25, 0.3) is 0 Å². The molecule has 0 rings (SSSR count). The molecule has 0 amide bonds. The predicted octanol–water partition coefficient (Wildman–Crippen LogP) is 1.16. The highest BCUT2D eigenvalue weighted by molar-refractivity contribution is 7.81. The first-order chi connectivity index (χ1) is 7.02. The molecule has 15 heavy (non-hydrogen) atoms. The molecule has 0 aromatic carbocycles. The zero-order valence-corrected chi connectivity index (χ0v) is 13.2. The van der Waals surface area contributed by atoms with Gasteiger partial charge < -0.3 is 11.5 Å². The Morgan fingerprint density at radius 3 is 2.33 bits per heavy atom. The molecule has 0 heterocycles. The van der Waals surface area contributed by atoms with Gasteiger partial charge in [-0.3, -0.25) is 0 Å². The quantitative estimate of drug-likeness (QED) is 0.400. The van der Waals surface area contributed by atoms with Crippen molar-refractivity contribution in [2.45, 2.75) is 35.7 Å². The van der Waals surface area contributed by atoms with Gasteiger partial charge in [0.1, 0.15) is 0 Å². The standard InChI is InChI=1S/C9H24N2P2S2/c10-4-1-8(15)9(13,3-6-14)7(11)2-5-12/h7-8,14-15H,1-6,10-13H2. The third-order valence-electron chi connectivity index (χ3n) is 2.77.